The highest BCUT2D eigenvalue weighted by Gasteiger charge is 2.33. The van der Waals surface area contributed by atoms with Crippen molar-refractivity contribution in [3.8, 4) is 5.75 Å². The van der Waals surface area contributed by atoms with Crippen LogP contribution in [-0.4, -0.2) is 35.9 Å². The number of amides is 2. The van der Waals surface area contributed by atoms with Gasteiger partial charge in [-0.25, -0.2) is 0 Å². The lowest BCUT2D eigenvalue weighted by Gasteiger charge is -2.39. The molecule has 2 aromatic rings. The lowest BCUT2D eigenvalue weighted by molar-refractivity contribution is -0.136. The summed E-state index contributed by atoms with van der Waals surface area (Å²) in [5, 5.41) is 3.03. The summed E-state index contributed by atoms with van der Waals surface area (Å²) < 4.78 is 6.16. The molecule has 0 radical (unpaired) electrons. The zero-order valence-electron chi connectivity index (χ0n) is 19.3. The minimum Gasteiger partial charge on any atom is -0.481 e. The smallest absolute Gasteiger partial charge is 0.261 e. The summed E-state index contributed by atoms with van der Waals surface area (Å²) in [7, 11) is 0. The molecule has 4 rings (SSSR count). The Labute approximate surface area is 191 Å². The molecule has 1 heterocycles. The molecule has 1 N–H and O–H groups in total. The van der Waals surface area contributed by atoms with Crippen LogP contribution in [-0.2, 0) is 16.0 Å². The number of nitrogens with one attached hydrogen (secondary N) is 1. The van der Waals surface area contributed by atoms with Crippen LogP contribution < -0.4 is 10.1 Å². The van der Waals surface area contributed by atoms with Crippen LogP contribution in [0.2, 0.25) is 0 Å². The van der Waals surface area contributed by atoms with Gasteiger partial charge in [0.15, 0.2) is 6.10 Å². The summed E-state index contributed by atoms with van der Waals surface area (Å²) in [5.41, 5.74) is 3.40. The van der Waals surface area contributed by atoms with Crippen molar-refractivity contribution in [1.29, 1.82) is 0 Å². The first-order valence-electron chi connectivity index (χ1n) is 11.9. The molecule has 5 nitrogen and oxygen atoms in total. The van der Waals surface area contributed by atoms with E-state index in [1.807, 2.05) is 56.0 Å². The van der Waals surface area contributed by atoms with Crippen molar-refractivity contribution in [2.24, 2.45) is 11.8 Å². The van der Waals surface area contributed by atoms with Gasteiger partial charge in [0, 0.05) is 19.0 Å². The number of carbonyl (C=O) groups excluding carboxylic acids is 2. The molecular formula is C27H34N2O3. The number of rotatable bonds is 8. The fraction of sp³-hybridized carbons (Fsp3) is 0.481. The largest absolute Gasteiger partial charge is 0.481 e. The fourth-order valence-corrected chi connectivity index (χ4v) is 4.40. The predicted molar refractivity (Wildman–Crippen MR) is 125 cm³/mol. The average molecular weight is 435 g/mol. The van der Waals surface area contributed by atoms with Gasteiger partial charge >= 0.3 is 0 Å². The third kappa shape index (κ3) is 4.98. The van der Waals surface area contributed by atoms with Crippen molar-refractivity contribution in [2.45, 2.75) is 58.6 Å². The summed E-state index contributed by atoms with van der Waals surface area (Å²) in [4.78, 5) is 27.7. The van der Waals surface area contributed by atoms with Crippen molar-refractivity contribution in [3.63, 3.8) is 0 Å². The Kier molecular flexibility index (Phi) is 6.83. The Morgan fingerprint density at radius 3 is 2.53 bits per heavy atom. The van der Waals surface area contributed by atoms with E-state index in [1.54, 1.807) is 0 Å². The van der Waals surface area contributed by atoms with Crippen molar-refractivity contribution in [2.75, 3.05) is 13.1 Å². The van der Waals surface area contributed by atoms with E-state index in [9.17, 15) is 9.59 Å². The van der Waals surface area contributed by atoms with Crippen LogP contribution in [0.3, 0.4) is 0 Å². The van der Waals surface area contributed by atoms with E-state index in [1.165, 1.54) is 18.4 Å². The minimum atomic E-state index is -0.515. The van der Waals surface area contributed by atoms with Gasteiger partial charge in [-0.1, -0.05) is 57.2 Å². The first-order valence-corrected chi connectivity index (χ1v) is 11.9. The molecule has 1 saturated carbocycles. The van der Waals surface area contributed by atoms with Gasteiger partial charge in [0.05, 0.1) is 6.04 Å². The molecule has 2 amide bonds. The van der Waals surface area contributed by atoms with Gasteiger partial charge in [-0.3, -0.25) is 9.59 Å². The highest BCUT2D eigenvalue weighted by molar-refractivity contribution is 5.81. The van der Waals surface area contributed by atoms with E-state index in [-0.39, 0.29) is 23.8 Å². The topological polar surface area (TPSA) is 58.6 Å². The van der Waals surface area contributed by atoms with E-state index in [2.05, 4.69) is 23.5 Å². The Bertz CT molecular complexity index is 953. The van der Waals surface area contributed by atoms with Crippen molar-refractivity contribution >= 4 is 11.8 Å². The summed E-state index contributed by atoms with van der Waals surface area (Å²) in [6.45, 7) is 7.31. The first-order chi connectivity index (χ1) is 15.5. The number of fused-ring (bicyclic) bond motifs is 1. The lowest BCUT2D eigenvalue weighted by Crippen LogP contribution is -2.42. The quantitative estimate of drug-likeness (QED) is 0.666. The van der Waals surface area contributed by atoms with E-state index in [4.69, 9.17) is 4.74 Å². The van der Waals surface area contributed by atoms with Crippen LogP contribution in [0, 0.1) is 11.8 Å². The Balaban J connectivity index is 1.61. The number of nitrogens with zero attached hydrogens (tertiary/aromatic N) is 1. The van der Waals surface area contributed by atoms with Crippen LogP contribution in [0.5, 0.6) is 5.75 Å². The third-order valence-electron chi connectivity index (χ3n) is 6.44. The maximum Gasteiger partial charge on any atom is 0.261 e. The van der Waals surface area contributed by atoms with Crippen LogP contribution in [0.4, 0.5) is 0 Å². The number of hydrogen-bond acceptors (Lipinski definition) is 3. The Morgan fingerprint density at radius 2 is 1.88 bits per heavy atom. The van der Waals surface area contributed by atoms with Gasteiger partial charge < -0.3 is 15.0 Å². The van der Waals surface area contributed by atoms with Crippen molar-refractivity contribution in [3.05, 3.63) is 65.2 Å². The van der Waals surface area contributed by atoms with E-state index >= 15 is 0 Å². The standard InChI is InChI=1S/C27H34N2O3/c1-4-24(26(30)28-17-19-10-11-19)32-22-13-12-20-14-15-29(27(31)18(2)3)25(23(20)16-22)21-8-6-5-7-9-21/h5-9,12-13,16,18-19,24-25H,4,10-11,14-15,17H2,1-3H3,(H,28,30)/t24-,25+/m1/s1. The van der Waals surface area contributed by atoms with Crippen molar-refractivity contribution < 1.29 is 14.3 Å². The van der Waals surface area contributed by atoms with Gasteiger partial charge in [-0.2, -0.15) is 0 Å². The maximum absolute atomic E-state index is 13.1. The minimum absolute atomic E-state index is 0.0478. The third-order valence-corrected chi connectivity index (χ3v) is 6.44. The van der Waals surface area contributed by atoms with Crippen LogP contribution in [0.25, 0.3) is 0 Å². The van der Waals surface area contributed by atoms with E-state index < -0.39 is 6.10 Å². The van der Waals surface area contributed by atoms with Crippen LogP contribution >= 0.6 is 0 Å². The Hall–Kier alpha value is -2.82. The lowest BCUT2D eigenvalue weighted by atomic mass is 9.87. The van der Waals surface area contributed by atoms with Gasteiger partial charge in [0.2, 0.25) is 5.91 Å². The molecule has 1 aliphatic carbocycles. The van der Waals surface area contributed by atoms with Gasteiger partial charge in [-0.15, -0.1) is 0 Å². The molecule has 170 valence electrons. The molecule has 0 saturated heterocycles. The molecular weight excluding hydrogens is 400 g/mol. The summed E-state index contributed by atoms with van der Waals surface area (Å²) >= 11 is 0. The van der Waals surface area contributed by atoms with Gasteiger partial charge in [-0.05, 0) is 60.4 Å². The molecule has 2 aliphatic rings. The van der Waals surface area contributed by atoms with Crippen LogP contribution in [0.15, 0.2) is 48.5 Å². The number of benzene rings is 2. The molecule has 1 fully saturated rings. The highest BCUT2D eigenvalue weighted by Crippen LogP contribution is 2.38. The molecule has 2 atom stereocenters. The van der Waals surface area contributed by atoms with E-state index in [0.29, 0.717) is 24.6 Å². The average Bonchev–Trinajstić information content (AvgIpc) is 3.64. The second-order valence-electron chi connectivity index (χ2n) is 9.31. The number of ether oxygens (including phenoxy) is 1. The van der Waals surface area contributed by atoms with E-state index in [0.717, 1.165) is 24.1 Å². The second-order valence-corrected chi connectivity index (χ2v) is 9.31. The number of carbonyl (C=O) groups is 2. The molecule has 0 aromatic heterocycles. The SMILES string of the molecule is CC[C@@H](Oc1ccc2c(c1)[C@H](c1ccccc1)N(C(=O)C(C)C)CC2)C(=O)NCC1CC1. The maximum atomic E-state index is 13.1. The molecule has 32 heavy (non-hydrogen) atoms. The fourth-order valence-electron chi connectivity index (χ4n) is 4.40. The highest BCUT2D eigenvalue weighted by atomic mass is 16.5. The molecule has 0 spiro atoms. The number of hydrogen-bond donors (Lipinski definition) is 1. The van der Waals surface area contributed by atoms with Gasteiger partial charge in [0.1, 0.15) is 5.75 Å². The van der Waals surface area contributed by atoms with Gasteiger partial charge in [0.25, 0.3) is 5.91 Å². The monoisotopic (exact) mass is 434 g/mol. The Morgan fingerprint density at radius 1 is 1.12 bits per heavy atom. The molecule has 1 aliphatic heterocycles. The summed E-state index contributed by atoms with van der Waals surface area (Å²) in [6, 6.07) is 16.1. The van der Waals surface area contributed by atoms with Crippen molar-refractivity contribution in [1.82, 2.24) is 10.2 Å². The normalized spacial score (nSPS) is 18.8. The van der Waals surface area contributed by atoms with Crippen LogP contribution in [0.1, 0.15) is 62.8 Å². The summed E-state index contributed by atoms with van der Waals surface area (Å²) in [5.74, 6) is 1.35. The molecule has 0 unspecified atom stereocenters. The second kappa shape index (κ2) is 9.76. The predicted octanol–water partition coefficient (Wildman–Crippen LogP) is 4.50. The zero-order chi connectivity index (χ0) is 22.7. The first kappa shape index (κ1) is 22.4. The zero-order valence-corrected chi connectivity index (χ0v) is 19.3. The molecule has 5 heteroatoms. The molecule has 0 bridgehead atoms. The molecule has 2 aromatic carbocycles. The summed E-state index contributed by atoms with van der Waals surface area (Å²) in [6.07, 6.45) is 3.31.